The van der Waals surface area contributed by atoms with Gasteiger partial charge in [-0.2, -0.15) is 0 Å². The third kappa shape index (κ3) is 5.47. The summed E-state index contributed by atoms with van der Waals surface area (Å²) < 4.78 is 16.9. The molecule has 4 aromatic carbocycles. The van der Waals surface area contributed by atoms with Gasteiger partial charge in [-0.25, -0.2) is 4.79 Å². The molecule has 0 aliphatic carbocycles. The Hall–Kier alpha value is -4.84. The van der Waals surface area contributed by atoms with E-state index in [9.17, 15) is 9.59 Å². The third-order valence-electron chi connectivity index (χ3n) is 6.85. The molecule has 6 heteroatoms. The summed E-state index contributed by atoms with van der Waals surface area (Å²) in [5, 5.41) is 1.85. The van der Waals surface area contributed by atoms with Crippen LogP contribution >= 0.6 is 0 Å². The topological polar surface area (TPSA) is 65.1 Å². The van der Waals surface area contributed by atoms with Crippen LogP contribution in [0.15, 0.2) is 91.0 Å². The molecule has 1 aliphatic heterocycles. The molecule has 0 unspecified atom stereocenters. The predicted octanol–water partition coefficient (Wildman–Crippen LogP) is 7.07. The van der Waals surface area contributed by atoms with E-state index in [2.05, 4.69) is 0 Å². The van der Waals surface area contributed by atoms with Crippen molar-refractivity contribution in [3.8, 4) is 11.5 Å². The average Bonchev–Trinajstić information content (AvgIpc) is 2.97. The Balaban J connectivity index is 1.62. The highest BCUT2D eigenvalue weighted by Crippen LogP contribution is 2.42. The van der Waals surface area contributed by atoms with E-state index in [0.29, 0.717) is 22.7 Å². The number of hydrogen-bond acceptors (Lipinski definition) is 5. The lowest BCUT2D eigenvalue weighted by Gasteiger charge is -2.31. The molecule has 0 aromatic heterocycles. The lowest BCUT2D eigenvalue weighted by Crippen LogP contribution is -2.31. The van der Waals surface area contributed by atoms with Crippen LogP contribution in [0, 0.1) is 0 Å². The zero-order valence-corrected chi connectivity index (χ0v) is 23.0. The number of esters is 1. The zero-order chi connectivity index (χ0) is 28.3. The number of benzene rings is 4. The summed E-state index contributed by atoms with van der Waals surface area (Å²) >= 11 is 0. The normalized spacial score (nSPS) is 13.5. The molecule has 1 amide bonds. The van der Waals surface area contributed by atoms with E-state index in [0.717, 1.165) is 27.5 Å². The van der Waals surface area contributed by atoms with Gasteiger partial charge in [-0.05, 0) is 60.5 Å². The molecule has 1 heterocycles. The van der Waals surface area contributed by atoms with E-state index in [1.807, 2.05) is 105 Å². The summed E-state index contributed by atoms with van der Waals surface area (Å²) in [6, 6.07) is 25.0. The molecule has 0 bridgehead atoms. The van der Waals surface area contributed by atoms with E-state index in [-0.39, 0.29) is 12.5 Å². The monoisotopic (exact) mass is 533 g/mol. The number of methoxy groups -OCH3 is 2. The number of anilines is 1. The summed E-state index contributed by atoms with van der Waals surface area (Å²) in [4.78, 5) is 27.7. The minimum atomic E-state index is -0.488. The van der Waals surface area contributed by atoms with Crippen molar-refractivity contribution < 1.29 is 23.8 Å². The summed E-state index contributed by atoms with van der Waals surface area (Å²) in [6.07, 6.45) is 7.06. The minimum Gasteiger partial charge on any atom is -0.492 e. The van der Waals surface area contributed by atoms with Gasteiger partial charge < -0.3 is 19.1 Å². The fraction of sp³-hybridized carbons (Fsp3) is 0.176. The SMILES string of the molecule is COC(=O)C=Cc1cccc(N(Cc2ccc3c(c2OC)OC(C)(C)C=C3)C(=O)c2cccc3ccccc23)c1. The summed E-state index contributed by atoms with van der Waals surface area (Å²) in [5.41, 5.74) is 3.25. The van der Waals surface area contributed by atoms with E-state index >= 15 is 0 Å². The van der Waals surface area contributed by atoms with Gasteiger partial charge in [0.25, 0.3) is 5.91 Å². The van der Waals surface area contributed by atoms with Crippen LogP contribution in [0.3, 0.4) is 0 Å². The van der Waals surface area contributed by atoms with Gasteiger partial charge in [0.15, 0.2) is 11.5 Å². The van der Waals surface area contributed by atoms with Crippen LogP contribution in [0.5, 0.6) is 11.5 Å². The Kier molecular flexibility index (Phi) is 7.43. The lowest BCUT2D eigenvalue weighted by atomic mass is 9.99. The van der Waals surface area contributed by atoms with Gasteiger partial charge in [0.2, 0.25) is 0 Å². The summed E-state index contributed by atoms with van der Waals surface area (Å²) in [6.45, 7) is 4.21. The molecular formula is C34H31NO5. The van der Waals surface area contributed by atoms with Crippen molar-refractivity contribution in [2.24, 2.45) is 0 Å². The Morgan fingerprint density at radius 1 is 0.950 bits per heavy atom. The van der Waals surface area contributed by atoms with Gasteiger partial charge in [0.1, 0.15) is 5.60 Å². The first-order valence-corrected chi connectivity index (χ1v) is 13.0. The highest BCUT2D eigenvalue weighted by molar-refractivity contribution is 6.14. The van der Waals surface area contributed by atoms with Crippen LogP contribution in [0.2, 0.25) is 0 Å². The largest absolute Gasteiger partial charge is 0.492 e. The Labute approximate surface area is 234 Å². The number of amides is 1. The second-order valence-electron chi connectivity index (χ2n) is 10.1. The molecule has 0 radical (unpaired) electrons. The highest BCUT2D eigenvalue weighted by Gasteiger charge is 2.28. The molecule has 6 nitrogen and oxygen atoms in total. The van der Waals surface area contributed by atoms with Crippen molar-refractivity contribution in [1.82, 2.24) is 0 Å². The molecule has 5 rings (SSSR count). The Bertz CT molecular complexity index is 1640. The maximum atomic E-state index is 14.3. The van der Waals surface area contributed by atoms with Gasteiger partial charge in [0, 0.05) is 28.5 Å². The van der Waals surface area contributed by atoms with Crippen LogP contribution in [0.1, 0.15) is 40.9 Å². The Morgan fingerprint density at radius 2 is 1.73 bits per heavy atom. The number of carbonyl (C=O) groups excluding carboxylic acids is 2. The first-order chi connectivity index (χ1) is 19.3. The van der Waals surface area contributed by atoms with E-state index in [4.69, 9.17) is 14.2 Å². The number of carbonyl (C=O) groups is 2. The first kappa shape index (κ1) is 26.8. The van der Waals surface area contributed by atoms with Crippen molar-refractivity contribution >= 4 is 40.5 Å². The number of ether oxygens (including phenoxy) is 3. The maximum Gasteiger partial charge on any atom is 0.330 e. The fourth-order valence-electron chi connectivity index (χ4n) is 4.83. The van der Waals surface area contributed by atoms with Crippen LogP contribution in [0.25, 0.3) is 22.9 Å². The second kappa shape index (κ2) is 11.1. The summed E-state index contributed by atoms with van der Waals surface area (Å²) in [7, 11) is 2.95. The molecule has 1 aliphatic rings. The zero-order valence-electron chi connectivity index (χ0n) is 23.0. The van der Waals surface area contributed by atoms with Gasteiger partial charge in [-0.15, -0.1) is 0 Å². The third-order valence-corrected chi connectivity index (χ3v) is 6.85. The van der Waals surface area contributed by atoms with Crippen LogP contribution in [-0.4, -0.2) is 31.7 Å². The number of rotatable bonds is 7. The molecule has 4 aromatic rings. The quantitative estimate of drug-likeness (QED) is 0.188. The predicted molar refractivity (Wildman–Crippen MR) is 159 cm³/mol. The van der Waals surface area contributed by atoms with Crippen LogP contribution < -0.4 is 14.4 Å². The van der Waals surface area contributed by atoms with Gasteiger partial charge in [0.05, 0.1) is 20.8 Å². The van der Waals surface area contributed by atoms with E-state index in [1.54, 1.807) is 18.1 Å². The van der Waals surface area contributed by atoms with Crippen molar-refractivity contribution in [1.29, 1.82) is 0 Å². The molecule has 0 fully saturated rings. The molecule has 40 heavy (non-hydrogen) atoms. The highest BCUT2D eigenvalue weighted by atomic mass is 16.5. The second-order valence-corrected chi connectivity index (χ2v) is 10.1. The number of fused-ring (bicyclic) bond motifs is 2. The molecule has 202 valence electrons. The maximum absolute atomic E-state index is 14.3. The molecular weight excluding hydrogens is 502 g/mol. The average molecular weight is 534 g/mol. The first-order valence-electron chi connectivity index (χ1n) is 13.0. The van der Waals surface area contributed by atoms with Gasteiger partial charge >= 0.3 is 5.97 Å². The van der Waals surface area contributed by atoms with Crippen molar-refractivity contribution in [2.45, 2.75) is 26.0 Å². The molecule has 0 spiro atoms. The van der Waals surface area contributed by atoms with Gasteiger partial charge in [-0.3, -0.25) is 4.79 Å². The molecule has 0 saturated heterocycles. The van der Waals surface area contributed by atoms with Crippen LogP contribution in [0.4, 0.5) is 5.69 Å². The van der Waals surface area contributed by atoms with Crippen molar-refractivity contribution in [3.05, 3.63) is 113 Å². The number of hydrogen-bond donors (Lipinski definition) is 0. The van der Waals surface area contributed by atoms with E-state index < -0.39 is 11.6 Å². The molecule has 0 saturated carbocycles. The van der Waals surface area contributed by atoms with Crippen molar-refractivity contribution in [3.63, 3.8) is 0 Å². The fourth-order valence-corrected chi connectivity index (χ4v) is 4.83. The lowest BCUT2D eigenvalue weighted by molar-refractivity contribution is -0.134. The van der Waals surface area contributed by atoms with Crippen LogP contribution in [-0.2, 0) is 16.1 Å². The molecule has 0 atom stereocenters. The number of nitrogens with zero attached hydrogens (tertiary/aromatic N) is 1. The minimum absolute atomic E-state index is 0.160. The Morgan fingerprint density at radius 3 is 2.52 bits per heavy atom. The van der Waals surface area contributed by atoms with E-state index in [1.165, 1.54) is 13.2 Å². The summed E-state index contributed by atoms with van der Waals surface area (Å²) in [5.74, 6) is 0.629. The smallest absolute Gasteiger partial charge is 0.330 e. The van der Waals surface area contributed by atoms with Gasteiger partial charge in [-0.1, -0.05) is 66.7 Å². The van der Waals surface area contributed by atoms with Crippen molar-refractivity contribution in [2.75, 3.05) is 19.1 Å². The molecule has 0 N–H and O–H groups in total. The standard InChI is InChI=1S/C34H31NO5/c1-34(2)20-19-25-16-17-26(31(39-4)32(25)40-34)22-35(27-12-7-9-23(21-27)15-18-30(36)38-3)33(37)29-14-8-11-24-10-5-6-13-28(24)29/h5-21H,22H2,1-4H3.